The highest BCUT2D eigenvalue weighted by atomic mass is 19.1. The highest BCUT2D eigenvalue weighted by Gasteiger charge is 2.44. The zero-order valence-electron chi connectivity index (χ0n) is 18.4. The Kier molecular flexibility index (Phi) is 6.12. The van der Waals surface area contributed by atoms with E-state index in [0.717, 1.165) is 24.0 Å². The molecular formula is C26H31FN2O2. The fourth-order valence-electron chi connectivity index (χ4n) is 4.53. The summed E-state index contributed by atoms with van der Waals surface area (Å²) in [7, 11) is 0. The van der Waals surface area contributed by atoms with E-state index in [1.807, 2.05) is 49.1 Å². The molecule has 1 aliphatic heterocycles. The molecule has 2 fully saturated rings. The molecular weight excluding hydrogens is 391 g/mol. The van der Waals surface area contributed by atoms with Gasteiger partial charge >= 0.3 is 0 Å². The van der Waals surface area contributed by atoms with E-state index in [2.05, 4.69) is 5.32 Å². The van der Waals surface area contributed by atoms with Gasteiger partial charge in [-0.25, -0.2) is 4.39 Å². The third-order valence-corrected chi connectivity index (χ3v) is 6.54. The number of benzene rings is 2. The number of rotatable bonds is 6. The number of hydrogen-bond acceptors (Lipinski definition) is 2. The van der Waals surface area contributed by atoms with E-state index in [-0.39, 0.29) is 29.6 Å². The molecule has 2 amide bonds. The molecule has 4 nitrogen and oxygen atoms in total. The number of halogens is 1. The Balaban J connectivity index is 1.52. The van der Waals surface area contributed by atoms with E-state index in [0.29, 0.717) is 37.9 Å². The smallest absolute Gasteiger partial charge is 0.226 e. The molecule has 0 spiro atoms. The van der Waals surface area contributed by atoms with E-state index in [4.69, 9.17) is 0 Å². The van der Waals surface area contributed by atoms with Crippen molar-refractivity contribution in [2.45, 2.75) is 52.0 Å². The average Bonchev–Trinajstić information content (AvgIpc) is 3.60. The molecule has 164 valence electrons. The van der Waals surface area contributed by atoms with Crippen LogP contribution < -0.4 is 5.32 Å². The lowest BCUT2D eigenvalue weighted by atomic mass is 9.72. The number of carbonyl (C=O) groups is 2. The van der Waals surface area contributed by atoms with Crippen LogP contribution in [0.15, 0.2) is 48.5 Å². The van der Waals surface area contributed by atoms with Crippen molar-refractivity contribution in [2.24, 2.45) is 11.3 Å². The highest BCUT2D eigenvalue weighted by molar-refractivity contribution is 5.85. The Morgan fingerprint density at radius 1 is 1.06 bits per heavy atom. The van der Waals surface area contributed by atoms with Gasteiger partial charge in [0, 0.05) is 30.6 Å². The fourth-order valence-corrected chi connectivity index (χ4v) is 4.53. The standard InChI is InChI=1S/C26H31FN2O2/c1-18(2)28-25(31)26(13-15-29(16-14-26)24(30)21-11-12-21)17-19-7-9-20(10-8-19)22-5-3-4-6-23(22)27/h3-10,18,21H,11-17H2,1-2H3,(H,28,31). The lowest BCUT2D eigenvalue weighted by Crippen LogP contribution is -2.52. The Bertz CT molecular complexity index is 942. The minimum Gasteiger partial charge on any atom is -0.353 e. The van der Waals surface area contributed by atoms with Gasteiger partial charge in [0.05, 0.1) is 5.41 Å². The first kappa shape index (κ1) is 21.5. The second-order valence-electron chi connectivity index (χ2n) is 9.36. The van der Waals surface area contributed by atoms with Crippen LogP contribution >= 0.6 is 0 Å². The van der Waals surface area contributed by atoms with Crippen LogP contribution in [-0.4, -0.2) is 35.8 Å². The van der Waals surface area contributed by atoms with E-state index in [1.54, 1.807) is 12.1 Å². The maximum atomic E-state index is 14.1. The van der Waals surface area contributed by atoms with Crippen LogP contribution in [-0.2, 0) is 16.0 Å². The van der Waals surface area contributed by atoms with Crippen LogP contribution in [0.1, 0.15) is 45.1 Å². The molecule has 0 atom stereocenters. The molecule has 0 radical (unpaired) electrons. The summed E-state index contributed by atoms with van der Waals surface area (Å²) >= 11 is 0. The minimum absolute atomic E-state index is 0.0685. The summed E-state index contributed by atoms with van der Waals surface area (Å²) in [5, 5.41) is 3.11. The van der Waals surface area contributed by atoms with Crippen molar-refractivity contribution < 1.29 is 14.0 Å². The van der Waals surface area contributed by atoms with Crippen LogP contribution in [0.2, 0.25) is 0 Å². The normalized spacial score (nSPS) is 18.1. The number of nitrogens with one attached hydrogen (secondary N) is 1. The molecule has 2 aromatic carbocycles. The first-order valence-electron chi connectivity index (χ1n) is 11.3. The molecule has 0 unspecified atom stereocenters. The first-order valence-corrected chi connectivity index (χ1v) is 11.3. The lowest BCUT2D eigenvalue weighted by molar-refractivity contribution is -0.141. The van der Waals surface area contributed by atoms with Crippen LogP contribution in [0.25, 0.3) is 11.1 Å². The second-order valence-corrected chi connectivity index (χ2v) is 9.36. The van der Waals surface area contributed by atoms with Crippen molar-refractivity contribution in [1.82, 2.24) is 10.2 Å². The molecule has 1 heterocycles. The van der Waals surface area contributed by atoms with Gasteiger partial charge in [-0.3, -0.25) is 9.59 Å². The molecule has 0 bridgehead atoms. The molecule has 2 aliphatic rings. The molecule has 4 rings (SSSR count). The van der Waals surface area contributed by atoms with Crippen LogP contribution in [0.4, 0.5) is 4.39 Å². The van der Waals surface area contributed by atoms with Gasteiger partial charge in [0.25, 0.3) is 0 Å². The minimum atomic E-state index is -0.524. The predicted molar refractivity (Wildman–Crippen MR) is 120 cm³/mol. The number of piperidine rings is 1. The summed E-state index contributed by atoms with van der Waals surface area (Å²) in [5.74, 6) is 0.296. The predicted octanol–water partition coefficient (Wildman–Crippen LogP) is 4.58. The number of hydrogen-bond donors (Lipinski definition) is 1. The molecule has 1 aliphatic carbocycles. The van der Waals surface area contributed by atoms with Gasteiger partial charge in [-0.1, -0.05) is 42.5 Å². The molecule has 5 heteroatoms. The average molecular weight is 423 g/mol. The fraction of sp³-hybridized carbons (Fsp3) is 0.462. The third kappa shape index (κ3) is 4.81. The first-order chi connectivity index (χ1) is 14.9. The summed E-state index contributed by atoms with van der Waals surface area (Å²) in [6.45, 7) is 5.21. The topological polar surface area (TPSA) is 49.4 Å². The maximum absolute atomic E-state index is 14.1. The summed E-state index contributed by atoms with van der Waals surface area (Å²) in [4.78, 5) is 27.6. The maximum Gasteiger partial charge on any atom is 0.226 e. The quantitative estimate of drug-likeness (QED) is 0.741. The lowest BCUT2D eigenvalue weighted by Gasteiger charge is -2.41. The van der Waals surface area contributed by atoms with Crippen LogP contribution in [0, 0.1) is 17.2 Å². The van der Waals surface area contributed by atoms with Crippen LogP contribution in [0.3, 0.4) is 0 Å². The van der Waals surface area contributed by atoms with Crippen molar-refractivity contribution in [3.8, 4) is 11.1 Å². The summed E-state index contributed by atoms with van der Waals surface area (Å²) in [5.41, 5.74) is 1.94. The van der Waals surface area contributed by atoms with Gasteiger partial charge < -0.3 is 10.2 Å². The Labute approximate surface area is 183 Å². The van der Waals surface area contributed by atoms with Gasteiger partial charge in [-0.2, -0.15) is 0 Å². The Morgan fingerprint density at radius 2 is 1.71 bits per heavy atom. The third-order valence-electron chi connectivity index (χ3n) is 6.54. The van der Waals surface area contributed by atoms with Gasteiger partial charge in [0.15, 0.2) is 0 Å². The van der Waals surface area contributed by atoms with E-state index in [1.165, 1.54) is 6.07 Å². The van der Waals surface area contributed by atoms with Gasteiger partial charge in [-0.05, 0) is 63.1 Å². The van der Waals surface area contributed by atoms with E-state index in [9.17, 15) is 14.0 Å². The number of likely N-dealkylation sites (tertiary alicyclic amines) is 1. The largest absolute Gasteiger partial charge is 0.353 e. The molecule has 0 aromatic heterocycles. The SMILES string of the molecule is CC(C)NC(=O)C1(Cc2ccc(-c3ccccc3F)cc2)CCN(C(=O)C2CC2)CC1. The van der Waals surface area contributed by atoms with Crippen molar-refractivity contribution in [3.05, 3.63) is 59.9 Å². The van der Waals surface area contributed by atoms with E-state index >= 15 is 0 Å². The van der Waals surface area contributed by atoms with E-state index < -0.39 is 5.41 Å². The molecule has 31 heavy (non-hydrogen) atoms. The number of amides is 2. The molecule has 1 saturated heterocycles. The number of nitrogens with zero attached hydrogens (tertiary/aromatic N) is 1. The van der Waals surface area contributed by atoms with Crippen molar-refractivity contribution in [3.63, 3.8) is 0 Å². The zero-order chi connectivity index (χ0) is 22.0. The highest BCUT2D eigenvalue weighted by Crippen LogP contribution is 2.39. The monoisotopic (exact) mass is 422 g/mol. The van der Waals surface area contributed by atoms with Crippen molar-refractivity contribution in [2.75, 3.05) is 13.1 Å². The van der Waals surface area contributed by atoms with Gasteiger partial charge in [0.2, 0.25) is 11.8 Å². The Morgan fingerprint density at radius 3 is 2.29 bits per heavy atom. The Hall–Kier alpha value is -2.69. The zero-order valence-corrected chi connectivity index (χ0v) is 18.4. The summed E-state index contributed by atoms with van der Waals surface area (Å²) < 4.78 is 14.1. The molecule has 2 aromatic rings. The van der Waals surface area contributed by atoms with Gasteiger partial charge in [-0.15, -0.1) is 0 Å². The molecule has 1 saturated carbocycles. The van der Waals surface area contributed by atoms with Crippen molar-refractivity contribution in [1.29, 1.82) is 0 Å². The number of carbonyl (C=O) groups excluding carboxylic acids is 2. The second kappa shape index (κ2) is 8.81. The summed E-state index contributed by atoms with van der Waals surface area (Å²) in [6, 6.07) is 14.7. The molecule has 1 N–H and O–H groups in total. The van der Waals surface area contributed by atoms with Crippen molar-refractivity contribution >= 4 is 11.8 Å². The van der Waals surface area contributed by atoms with Gasteiger partial charge in [0.1, 0.15) is 5.82 Å². The summed E-state index contributed by atoms with van der Waals surface area (Å²) in [6.07, 6.45) is 3.96. The van der Waals surface area contributed by atoms with Crippen LogP contribution in [0.5, 0.6) is 0 Å².